The molecule has 0 radical (unpaired) electrons. The van der Waals surface area contributed by atoms with Gasteiger partial charge in [0.1, 0.15) is 5.82 Å². The SMILES string of the molecule is Cc1cc(Br)c(F)cc1NC(=O)c1ccc(=O)[nH]c1. The van der Waals surface area contributed by atoms with E-state index in [4.69, 9.17) is 0 Å². The minimum absolute atomic E-state index is 0.289. The first-order valence-electron chi connectivity index (χ1n) is 5.43. The number of amides is 1. The van der Waals surface area contributed by atoms with Crippen LogP contribution in [0.4, 0.5) is 10.1 Å². The largest absolute Gasteiger partial charge is 0.328 e. The van der Waals surface area contributed by atoms with Crippen molar-refractivity contribution in [3.8, 4) is 0 Å². The number of benzene rings is 1. The molecule has 1 aromatic carbocycles. The second-order valence-corrected chi connectivity index (χ2v) is 4.83. The lowest BCUT2D eigenvalue weighted by atomic mass is 10.2. The molecule has 2 rings (SSSR count). The molecule has 0 fully saturated rings. The average Bonchev–Trinajstić information content (AvgIpc) is 2.36. The van der Waals surface area contributed by atoms with Crippen LogP contribution in [0.2, 0.25) is 0 Å². The number of hydrogen-bond donors (Lipinski definition) is 2. The van der Waals surface area contributed by atoms with E-state index >= 15 is 0 Å². The Kier molecular flexibility index (Phi) is 3.80. The van der Waals surface area contributed by atoms with Crippen molar-refractivity contribution in [2.45, 2.75) is 6.92 Å². The van der Waals surface area contributed by atoms with Crippen molar-refractivity contribution in [1.82, 2.24) is 4.98 Å². The summed E-state index contributed by atoms with van der Waals surface area (Å²) < 4.78 is 13.8. The molecule has 2 N–H and O–H groups in total. The number of anilines is 1. The van der Waals surface area contributed by atoms with Gasteiger partial charge in [-0.2, -0.15) is 0 Å². The molecule has 0 saturated carbocycles. The number of carbonyl (C=O) groups excluding carboxylic acids is 1. The van der Waals surface area contributed by atoms with Crippen LogP contribution in [0.3, 0.4) is 0 Å². The second kappa shape index (κ2) is 5.36. The molecule has 0 aliphatic heterocycles. The summed E-state index contributed by atoms with van der Waals surface area (Å²) in [6.07, 6.45) is 1.31. The fourth-order valence-electron chi connectivity index (χ4n) is 1.53. The van der Waals surface area contributed by atoms with E-state index in [0.29, 0.717) is 15.7 Å². The van der Waals surface area contributed by atoms with Gasteiger partial charge in [-0.1, -0.05) is 0 Å². The van der Waals surface area contributed by atoms with E-state index in [0.717, 1.165) is 5.56 Å². The monoisotopic (exact) mass is 324 g/mol. The highest BCUT2D eigenvalue weighted by Gasteiger charge is 2.10. The molecule has 0 spiro atoms. The van der Waals surface area contributed by atoms with Gasteiger partial charge >= 0.3 is 0 Å². The Hall–Kier alpha value is -1.95. The third-order valence-corrected chi connectivity index (χ3v) is 3.17. The van der Waals surface area contributed by atoms with Gasteiger partial charge in [0.2, 0.25) is 5.56 Å². The Morgan fingerprint density at radius 2 is 2.11 bits per heavy atom. The van der Waals surface area contributed by atoms with Crippen molar-refractivity contribution in [1.29, 1.82) is 0 Å². The van der Waals surface area contributed by atoms with Crippen molar-refractivity contribution in [2.75, 3.05) is 5.32 Å². The first-order valence-corrected chi connectivity index (χ1v) is 6.22. The second-order valence-electron chi connectivity index (χ2n) is 3.98. The van der Waals surface area contributed by atoms with Crippen molar-refractivity contribution >= 4 is 27.5 Å². The zero-order valence-electron chi connectivity index (χ0n) is 9.96. The van der Waals surface area contributed by atoms with E-state index in [2.05, 4.69) is 26.2 Å². The van der Waals surface area contributed by atoms with Crippen LogP contribution >= 0.6 is 15.9 Å². The normalized spacial score (nSPS) is 10.3. The molecule has 4 nitrogen and oxygen atoms in total. The molecule has 0 atom stereocenters. The molecule has 6 heteroatoms. The van der Waals surface area contributed by atoms with E-state index in [1.807, 2.05) is 0 Å². The summed E-state index contributed by atoms with van der Waals surface area (Å²) in [5.41, 5.74) is 1.12. The Morgan fingerprint density at radius 1 is 1.37 bits per heavy atom. The lowest BCUT2D eigenvalue weighted by Gasteiger charge is -2.09. The number of aromatic nitrogens is 1. The number of aryl methyl sites for hydroxylation is 1. The molecule has 0 bridgehead atoms. The maximum Gasteiger partial charge on any atom is 0.257 e. The maximum atomic E-state index is 13.4. The molecule has 0 unspecified atom stereocenters. The average molecular weight is 325 g/mol. The summed E-state index contributed by atoms with van der Waals surface area (Å²) >= 11 is 3.07. The van der Waals surface area contributed by atoms with Gasteiger partial charge in [0, 0.05) is 18.0 Å². The van der Waals surface area contributed by atoms with Crippen molar-refractivity contribution < 1.29 is 9.18 Å². The van der Waals surface area contributed by atoms with Gasteiger partial charge < -0.3 is 10.3 Å². The van der Waals surface area contributed by atoms with Crippen LogP contribution in [0.1, 0.15) is 15.9 Å². The highest BCUT2D eigenvalue weighted by Crippen LogP contribution is 2.24. The number of rotatable bonds is 2. The Balaban J connectivity index is 2.26. The predicted molar refractivity (Wildman–Crippen MR) is 73.9 cm³/mol. The topological polar surface area (TPSA) is 62.0 Å². The summed E-state index contributed by atoms with van der Waals surface area (Å²) in [5, 5.41) is 2.59. The number of halogens is 2. The fraction of sp³-hybridized carbons (Fsp3) is 0.0769. The lowest BCUT2D eigenvalue weighted by Crippen LogP contribution is -2.15. The van der Waals surface area contributed by atoms with Gasteiger partial charge in [0.05, 0.1) is 10.0 Å². The van der Waals surface area contributed by atoms with Gasteiger partial charge in [0.15, 0.2) is 0 Å². The van der Waals surface area contributed by atoms with Crippen LogP contribution in [-0.2, 0) is 0 Å². The zero-order valence-corrected chi connectivity index (χ0v) is 11.5. The molecule has 0 aliphatic carbocycles. The summed E-state index contributed by atoms with van der Waals surface area (Å²) in [5.74, 6) is -0.872. The van der Waals surface area contributed by atoms with Crippen LogP contribution in [0.5, 0.6) is 0 Å². The number of pyridine rings is 1. The lowest BCUT2D eigenvalue weighted by molar-refractivity contribution is 0.102. The van der Waals surface area contributed by atoms with Gasteiger partial charge in [-0.05, 0) is 46.6 Å². The van der Waals surface area contributed by atoms with Crippen LogP contribution in [-0.4, -0.2) is 10.9 Å². The van der Waals surface area contributed by atoms with Gasteiger partial charge in [0.25, 0.3) is 5.91 Å². The highest BCUT2D eigenvalue weighted by atomic mass is 79.9. The van der Waals surface area contributed by atoms with E-state index < -0.39 is 11.7 Å². The van der Waals surface area contributed by atoms with Gasteiger partial charge in [-0.15, -0.1) is 0 Å². The Labute approximate surface area is 116 Å². The van der Waals surface area contributed by atoms with E-state index in [-0.39, 0.29) is 5.56 Å². The maximum absolute atomic E-state index is 13.4. The molecule has 1 heterocycles. The number of carbonyl (C=O) groups is 1. The molecule has 1 amide bonds. The first-order chi connectivity index (χ1) is 8.97. The number of aromatic amines is 1. The highest BCUT2D eigenvalue weighted by molar-refractivity contribution is 9.10. The zero-order chi connectivity index (χ0) is 14.0. The van der Waals surface area contributed by atoms with E-state index in [9.17, 15) is 14.0 Å². The summed E-state index contributed by atoms with van der Waals surface area (Å²) in [6, 6.07) is 5.48. The first kappa shape index (κ1) is 13.5. The standard InChI is InChI=1S/C13H10BrFN2O2/c1-7-4-9(14)10(15)5-11(7)17-13(19)8-2-3-12(18)16-6-8/h2-6H,1H3,(H,16,18)(H,17,19). The molecule has 0 aliphatic rings. The van der Waals surface area contributed by atoms with E-state index in [1.165, 1.54) is 24.4 Å². The quantitative estimate of drug-likeness (QED) is 0.892. The third-order valence-electron chi connectivity index (χ3n) is 2.56. The Morgan fingerprint density at radius 3 is 2.74 bits per heavy atom. The minimum atomic E-state index is -0.456. The Bertz CT molecular complexity index is 677. The van der Waals surface area contributed by atoms with Crippen LogP contribution in [0, 0.1) is 12.7 Å². The number of nitrogens with one attached hydrogen (secondary N) is 2. The fourth-order valence-corrected chi connectivity index (χ4v) is 1.99. The number of H-pyrrole nitrogens is 1. The van der Waals surface area contributed by atoms with Crippen molar-refractivity contribution in [2.24, 2.45) is 0 Å². The molecule has 19 heavy (non-hydrogen) atoms. The predicted octanol–water partition coefficient (Wildman–Crippen LogP) is 2.84. The van der Waals surface area contributed by atoms with Crippen LogP contribution in [0.15, 0.2) is 39.7 Å². The van der Waals surface area contributed by atoms with Gasteiger partial charge in [-0.3, -0.25) is 9.59 Å². The van der Waals surface area contributed by atoms with Crippen LogP contribution < -0.4 is 10.9 Å². The van der Waals surface area contributed by atoms with Crippen molar-refractivity contribution in [3.63, 3.8) is 0 Å². The molecule has 2 aromatic rings. The minimum Gasteiger partial charge on any atom is -0.328 e. The molecule has 1 aromatic heterocycles. The van der Waals surface area contributed by atoms with Crippen LogP contribution in [0.25, 0.3) is 0 Å². The number of hydrogen-bond acceptors (Lipinski definition) is 2. The van der Waals surface area contributed by atoms with E-state index in [1.54, 1.807) is 13.0 Å². The summed E-state index contributed by atoms with van der Waals surface area (Å²) in [4.78, 5) is 25.2. The molecular formula is C13H10BrFN2O2. The summed E-state index contributed by atoms with van der Waals surface area (Å²) in [7, 11) is 0. The third kappa shape index (κ3) is 3.08. The molecule has 0 saturated heterocycles. The smallest absolute Gasteiger partial charge is 0.257 e. The molecule has 98 valence electrons. The van der Waals surface area contributed by atoms with Gasteiger partial charge in [-0.25, -0.2) is 4.39 Å². The van der Waals surface area contributed by atoms with Crippen molar-refractivity contribution in [3.05, 3.63) is 62.2 Å². The molecular weight excluding hydrogens is 315 g/mol. The summed E-state index contributed by atoms with van der Waals surface area (Å²) in [6.45, 7) is 1.76.